The summed E-state index contributed by atoms with van der Waals surface area (Å²) in [4.78, 5) is 37.6. The van der Waals surface area contributed by atoms with Crippen molar-refractivity contribution in [3.63, 3.8) is 0 Å². The summed E-state index contributed by atoms with van der Waals surface area (Å²) in [5, 5.41) is 4.03. The molecule has 2 fully saturated rings. The number of carbonyl (C=O) groups excluding carboxylic acids is 1. The van der Waals surface area contributed by atoms with E-state index in [1.54, 1.807) is 48.0 Å². The number of carbonyl (C=O) groups is 1. The first-order valence-electron chi connectivity index (χ1n) is 13.5. The lowest BCUT2D eigenvalue weighted by atomic mass is 9.60. The SMILES string of the molecule is CNc1ncc2cc(-c3cc(OC)cc(OC)c3Cl)c(=O)n(C3CC4(CCN(C(=O)OC(C)(C)C)CC4)C3)c2n1. The van der Waals surface area contributed by atoms with Crippen LogP contribution >= 0.6 is 11.6 Å². The van der Waals surface area contributed by atoms with Gasteiger partial charge in [0.2, 0.25) is 5.95 Å². The molecule has 1 saturated carbocycles. The molecule has 1 amide bonds. The van der Waals surface area contributed by atoms with Crippen molar-refractivity contribution in [2.45, 2.75) is 58.1 Å². The van der Waals surface area contributed by atoms with Crippen molar-refractivity contribution in [1.29, 1.82) is 0 Å². The summed E-state index contributed by atoms with van der Waals surface area (Å²) >= 11 is 6.71. The maximum absolute atomic E-state index is 14.2. The van der Waals surface area contributed by atoms with Crippen molar-refractivity contribution in [1.82, 2.24) is 19.4 Å². The van der Waals surface area contributed by atoms with E-state index in [4.69, 9.17) is 25.8 Å². The zero-order valence-electron chi connectivity index (χ0n) is 23.8. The Morgan fingerprint density at radius 1 is 1.10 bits per heavy atom. The molecule has 1 N–H and O–H groups in total. The summed E-state index contributed by atoms with van der Waals surface area (Å²) in [6, 6.07) is 5.16. The third-order valence-electron chi connectivity index (χ3n) is 7.93. The number of hydrogen-bond acceptors (Lipinski definition) is 8. The van der Waals surface area contributed by atoms with E-state index < -0.39 is 5.60 Å². The van der Waals surface area contributed by atoms with Crippen molar-refractivity contribution < 1.29 is 19.0 Å². The second kappa shape index (κ2) is 10.5. The number of anilines is 1. The number of nitrogens with one attached hydrogen (secondary N) is 1. The van der Waals surface area contributed by atoms with E-state index >= 15 is 0 Å². The van der Waals surface area contributed by atoms with Crippen molar-refractivity contribution in [3.8, 4) is 22.6 Å². The summed E-state index contributed by atoms with van der Waals surface area (Å²) in [6.45, 7) is 6.91. The molecule has 1 spiro atoms. The number of rotatable bonds is 5. The average Bonchev–Trinajstić information content (AvgIpc) is 2.90. The molecule has 2 aromatic heterocycles. The lowest BCUT2D eigenvalue weighted by Crippen LogP contribution is -2.51. The van der Waals surface area contributed by atoms with Gasteiger partial charge in [-0.1, -0.05) is 11.6 Å². The standard InChI is InChI=1S/C29H36ClN5O5/c1-28(2,3)40-27(37)34-9-7-29(8-10-34)14-18(15-29)35-24-17(16-32-26(31-4)33-24)11-21(25(35)36)20-12-19(38-5)13-22(39-6)23(20)30/h11-13,16,18H,7-10,14-15H2,1-6H3,(H,31,32,33). The number of hydrogen-bond donors (Lipinski definition) is 1. The third kappa shape index (κ3) is 5.16. The van der Waals surface area contributed by atoms with Crippen molar-refractivity contribution in [3.05, 3.63) is 39.8 Å². The molecule has 3 aromatic rings. The molecule has 5 rings (SSSR count). The zero-order valence-corrected chi connectivity index (χ0v) is 24.6. The van der Waals surface area contributed by atoms with Crippen LogP contribution in [0.4, 0.5) is 10.7 Å². The minimum Gasteiger partial charge on any atom is -0.497 e. The van der Waals surface area contributed by atoms with Gasteiger partial charge >= 0.3 is 6.09 Å². The van der Waals surface area contributed by atoms with E-state index in [0.717, 1.165) is 31.1 Å². The number of fused-ring (bicyclic) bond motifs is 1. The summed E-state index contributed by atoms with van der Waals surface area (Å²) in [6.07, 6.45) is 4.82. The Morgan fingerprint density at radius 2 is 1.80 bits per heavy atom. The van der Waals surface area contributed by atoms with Crippen molar-refractivity contribution in [2.24, 2.45) is 5.41 Å². The normalized spacial score (nSPS) is 17.0. The number of aromatic nitrogens is 3. The molecule has 0 bridgehead atoms. The Labute approximate surface area is 238 Å². The number of benzene rings is 1. The predicted molar refractivity (Wildman–Crippen MR) is 155 cm³/mol. The highest BCUT2D eigenvalue weighted by Crippen LogP contribution is 2.55. The number of halogens is 1. The van der Waals surface area contributed by atoms with E-state index in [-0.39, 0.29) is 23.1 Å². The molecule has 214 valence electrons. The fourth-order valence-corrected chi connectivity index (χ4v) is 6.12. The number of nitrogens with zero attached hydrogens (tertiary/aromatic N) is 4. The van der Waals surface area contributed by atoms with Crippen LogP contribution in [0.5, 0.6) is 11.5 Å². The number of ether oxygens (including phenoxy) is 3. The number of amides is 1. The monoisotopic (exact) mass is 569 g/mol. The Kier molecular flexibility index (Phi) is 7.33. The lowest BCUT2D eigenvalue weighted by molar-refractivity contribution is -0.0232. The number of methoxy groups -OCH3 is 2. The summed E-state index contributed by atoms with van der Waals surface area (Å²) in [5.41, 5.74) is 0.888. The Morgan fingerprint density at radius 3 is 2.40 bits per heavy atom. The number of pyridine rings is 1. The highest BCUT2D eigenvalue weighted by atomic mass is 35.5. The van der Waals surface area contributed by atoms with Crippen LogP contribution < -0.4 is 20.3 Å². The summed E-state index contributed by atoms with van der Waals surface area (Å²) in [7, 11) is 4.83. The van der Waals surface area contributed by atoms with Gasteiger partial charge in [0.25, 0.3) is 5.56 Å². The van der Waals surface area contributed by atoms with Gasteiger partial charge in [-0.2, -0.15) is 4.98 Å². The topological polar surface area (TPSA) is 108 Å². The molecular weight excluding hydrogens is 534 g/mol. The Bertz CT molecular complexity index is 1500. The van der Waals surface area contributed by atoms with Crippen LogP contribution in [-0.4, -0.2) is 65.5 Å². The Hall–Kier alpha value is -3.53. The molecule has 1 saturated heterocycles. The first kappa shape index (κ1) is 28.0. The van der Waals surface area contributed by atoms with Gasteiger partial charge in [-0.25, -0.2) is 9.78 Å². The molecular formula is C29H36ClN5O5. The van der Waals surface area contributed by atoms with E-state index in [2.05, 4.69) is 15.3 Å². The van der Waals surface area contributed by atoms with Gasteiger partial charge in [0.1, 0.15) is 22.7 Å². The van der Waals surface area contributed by atoms with Crippen molar-refractivity contribution >= 4 is 34.7 Å². The van der Waals surface area contributed by atoms with Crippen LogP contribution in [0.3, 0.4) is 0 Å². The van der Waals surface area contributed by atoms with Gasteiger partial charge in [-0.3, -0.25) is 9.36 Å². The minimum atomic E-state index is -0.523. The fraction of sp³-hybridized carbons (Fsp3) is 0.517. The van der Waals surface area contributed by atoms with Gasteiger partial charge in [-0.15, -0.1) is 0 Å². The maximum atomic E-state index is 14.2. The first-order chi connectivity index (χ1) is 19.0. The second-order valence-corrected chi connectivity index (χ2v) is 12.1. The van der Waals surface area contributed by atoms with Crippen LogP contribution in [0.25, 0.3) is 22.2 Å². The van der Waals surface area contributed by atoms with E-state index in [1.807, 2.05) is 20.8 Å². The van der Waals surface area contributed by atoms with Gasteiger partial charge in [0.05, 0.1) is 19.2 Å². The van der Waals surface area contributed by atoms with Crippen LogP contribution in [0.2, 0.25) is 5.02 Å². The molecule has 0 radical (unpaired) electrons. The highest BCUT2D eigenvalue weighted by Gasteiger charge is 2.48. The smallest absolute Gasteiger partial charge is 0.410 e. The molecule has 1 aliphatic heterocycles. The van der Waals surface area contributed by atoms with Crippen LogP contribution in [0.15, 0.2) is 29.2 Å². The van der Waals surface area contributed by atoms with Gasteiger partial charge in [0, 0.05) is 55.0 Å². The van der Waals surface area contributed by atoms with Crippen LogP contribution in [0, 0.1) is 5.41 Å². The molecule has 1 aromatic carbocycles. The zero-order chi connectivity index (χ0) is 28.8. The maximum Gasteiger partial charge on any atom is 0.410 e. The molecule has 3 heterocycles. The fourth-order valence-electron chi connectivity index (χ4n) is 5.83. The largest absolute Gasteiger partial charge is 0.497 e. The van der Waals surface area contributed by atoms with Gasteiger partial charge < -0.3 is 24.4 Å². The molecule has 40 heavy (non-hydrogen) atoms. The third-order valence-corrected chi connectivity index (χ3v) is 8.32. The Balaban J connectivity index is 1.49. The molecule has 0 unspecified atom stereocenters. The minimum absolute atomic E-state index is 0.0473. The summed E-state index contributed by atoms with van der Waals surface area (Å²) in [5.74, 6) is 1.39. The van der Waals surface area contributed by atoms with E-state index in [9.17, 15) is 9.59 Å². The quantitative estimate of drug-likeness (QED) is 0.428. The second-order valence-electron chi connectivity index (χ2n) is 11.7. The molecule has 2 aliphatic rings. The van der Waals surface area contributed by atoms with E-state index in [1.165, 1.54) is 7.11 Å². The summed E-state index contributed by atoms with van der Waals surface area (Å²) < 4.78 is 18.3. The molecule has 11 heteroatoms. The molecule has 1 aliphatic carbocycles. The average molecular weight is 570 g/mol. The van der Waals surface area contributed by atoms with Crippen LogP contribution in [-0.2, 0) is 4.74 Å². The molecule has 0 atom stereocenters. The van der Waals surface area contributed by atoms with Crippen LogP contribution in [0.1, 0.15) is 52.5 Å². The predicted octanol–water partition coefficient (Wildman–Crippen LogP) is 5.52. The van der Waals surface area contributed by atoms with Gasteiger partial charge in [-0.05, 0) is 64.0 Å². The number of likely N-dealkylation sites (tertiary alicyclic amines) is 1. The van der Waals surface area contributed by atoms with Gasteiger partial charge in [0.15, 0.2) is 0 Å². The molecule has 10 nitrogen and oxygen atoms in total. The van der Waals surface area contributed by atoms with Crippen molar-refractivity contribution in [2.75, 3.05) is 39.7 Å². The van der Waals surface area contributed by atoms with E-state index in [0.29, 0.717) is 52.3 Å². The first-order valence-corrected chi connectivity index (χ1v) is 13.9. The highest BCUT2D eigenvalue weighted by molar-refractivity contribution is 6.35. The lowest BCUT2D eigenvalue weighted by Gasteiger charge is -2.52. The number of piperidine rings is 1.